The number of hydrogen-bond donors (Lipinski definition) is 0. The number of hydrogen-bond acceptors (Lipinski definition) is 6. The van der Waals surface area contributed by atoms with Crippen molar-refractivity contribution in [3.8, 4) is 0 Å². The summed E-state index contributed by atoms with van der Waals surface area (Å²) in [6.45, 7) is 4.65. The lowest BCUT2D eigenvalue weighted by Crippen LogP contribution is -2.36. The van der Waals surface area contributed by atoms with Gasteiger partial charge in [0.05, 0.1) is 4.92 Å². The number of nitrogens with zero attached hydrogens (tertiary/aromatic N) is 2. The fourth-order valence-electron chi connectivity index (χ4n) is 1.87. The van der Waals surface area contributed by atoms with Crippen molar-refractivity contribution in [3.05, 3.63) is 39.4 Å². The van der Waals surface area contributed by atoms with Gasteiger partial charge < -0.3 is 9.64 Å². The van der Waals surface area contributed by atoms with Crippen LogP contribution in [0.4, 0.5) is 5.69 Å². The number of carbonyl (C=O) groups excluding carboxylic acids is 3. The summed E-state index contributed by atoms with van der Waals surface area (Å²) in [5.41, 5.74) is -1.66. The van der Waals surface area contributed by atoms with E-state index in [2.05, 4.69) is 0 Å². The fourth-order valence-corrected chi connectivity index (χ4v) is 1.87. The van der Waals surface area contributed by atoms with E-state index in [9.17, 15) is 24.5 Å². The molecule has 1 amide bonds. The number of carbonyl (C=O) groups is 3. The standard InChI is InChI=1S/C15H18N2O6/c1-15(2,3)23-12(19)8-16(4)14(20)13-10(9-18)6-5-7-11(13)17(21)22/h5-7,9H,8H2,1-4H3. The lowest BCUT2D eigenvalue weighted by molar-refractivity contribution is -0.385. The fraction of sp³-hybridized carbons (Fsp3) is 0.400. The zero-order valence-corrected chi connectivity index (χ0v) is 13.4. The average molecular weight is 322 g/mol. The van der Waals surface area contributed by atoms with Crippen LogP contribution in [0.5, 0.6) is 0 Å². The van der Waals surface area contributed by atoms with Crippen molar-refractivity contribution in [2.24, 2.45) is 0 Å². The van der Waals surface area contributed by atoms with Crippen molar-refractivity contribution >= 4 is 23.9 Å². The zero-order valence-electron chi connectivity index (χ0n) is 13.4. The van der Waals surface area contributed by atoms with Gasteiger partial charge in [-0.1, -0.05) is 12.1 Å². The van der Waals surface area contributed by atoms with Gasteiger partial charge in [0.15, 0.2) is 6.29 Å². The Morgan fingerprint density at radius 1 is 1.35 bits per heavy atom. The van der Waals surface area contributed by atoms with Gasteiger partial charge in [-0.15, -0.1) is 0 Å². The first-order valence-electron chi connectivity index (χ1n) is 6.76. The van der Waals surface area contributed by atoms with Crippen molar-refractivity contribution in [2.75, 3.05) is 13.6 Å². The molecule has 23 heavy (non-hydrogen) atoms. The first-order valence-corrected chi connectivity index (χ1v) is 6.76. The van der Waals surface area contributed by atoms with Gasteiger partial charge in [-0.2, -0.15) is 0 Å². The topological polar surface area (TPSA) is 107 Å². The molecule has 0 spiro atoms. The van der Waals surface area contributed by atoms with E-state index in [1.807, 2.05) is 0 Å². The monoisotopic (exact) mass is 322 g/mol. The summed E-state index contributed by atoms with van der Waals surface area (Å²) in [5, 5.41) is 11.1. The number of likely N-dealkylation sites (N-methyl/N-ethyl adjacent to an activating group) is 1. The maximum Gasteiger partial charge on any atom is 0.326 e. The van der Waals surface area contributed by atoms with E-state index in [1.54, 1.807) is 20.8 Å². The van der Waals surface area contributed by atoms with Crippen molar-refractivity contribution in [2.45, 2.75) is 26.4 Å². The Hall–Kier alpha value is -2.77. The number of ether oxygens (including phenoxy) is 1. The number of aldehydes is 1. The van der Waals surface area contributed by atoms with Gasteiger partial charge in [0, 0.05) is 18.7 Å². The molecular weight excluding hydrogens is 304 g/mol. The van der Waals surface area contributed by atoms with Crippen LogP contribution >= 0.6 is 0 Å². The van der Waals surface area contributed by atoms with Crippen molar-refractivity contribution < 1.29 is 24.0 Å². The highest BCUT2D eigenvalue weighted by Crippen LogP contribution is 2.23. The largest absolute Gasteiger partial charge is 0.459 e. The number of amides is 1. The van der Waals surface area contributed by atoms with Crippen LogP contribution in [0.2, 0.25) is 0 Å². The Bertz CT molecular complexity index is 648. The predicted octanol–water partition coefficient (Wildman–Crippen LogP) is 1.82. The summed E-state index contributed by atoms with van der Waals surface area (Å²) in [5.74, 6) is -1.45. The van der Waals surface area contributed by atoms with E-state index in [0.717, 1.165) is 11.0 Å². The lowest BCUT2D eigenvalue weighted by atomic mass is 10.1. The number of rotatable bonds is 5. The number of nitro groups is 1. The Balaban J connectivity index is 3.07. The molecule has 0 unspecified atom stereocenters. The molecule has 0 fully saturated rings. The molecule has 0 aromatic heterocycles. The highest BCUT2D eigenvalue weighted by atomic mass is 16.6. The van der Waals surface area contributed by atoms with Crippen LogP contribution in [0.3, 0.4) is 0 Å². The van der Waals surface area contributed by atoms with Gasteiger partial charge in [-0.05, 0) is 20.8 Å². The molecule has 0 aliphatic heterocycles. The summed E-state index contributed by atoms with van der Waals surface area (Å²) in [6, 6.07) is 3.74. The Labute approximate surface area is 133 Å². The molecule has 1 aromatic rings. The normalized spacial score (nSPS) is 10.8. The molecule has 1 aromatic carbocycles. The van der Waals surface area contributed by atoms with Crippen LogP contribution < -0.4 is 0 Å². The summed E-state index contributed by atoms with van der Waals surface area (Å²) in [7, 11) is 1.30. The summed E-state index contributed by atoms with van der Waals surface area (Å²) in [4.78, 5) is 46.5. The summed E-state index contributed by atoms with van der Waals surface area (Å²) in [6.07, 6.45) is 0.363. The summed E-state index contributed by atoms with van der Waals surface area (Å²) < 4.78 is 5.09. The molecule has 1 rings (SSSR count). The highest BCUT2D eigenvalue weighted by molar-refractivity contribution is 6.05. The average Bonchev–Trinajstić information content (AvgIpc) is 2.43. The van der Waals surface area contributed by atoms with Crippen LogP contribution in [-0.2, 0) is 9.53 Å². The second-order valence-corrected chi connectivity index (χ2v) is 5.86. The number of benzene rings is 1. The van der Waals surface area contributed by atoms with Gasteiger partial charge in [0.2, 0.25) is 0 Å². The highest BCUT2D eigenvalue weighted by Gasteiger charge is 2.28. The van der Waals surface area contributed by atoms with Crippen molar-refractivity contribution in [3.63, 3.8) is 0 Å². The molecule has 0 radical (unpaired) electrons. The van der Waals surface area contributed by atoms with Gasteiger partial charge in [0.25, 0.3) is 11.6 Å². The molecule has 0 N–H and O–H groups in total. The SMILES string of the molecule is CN(CC(=O)OC(C)(C)C)C(=O)c1c(C=O)cccc1[N+](=O)[O-]. The molecule has 124 valence electrons. The number of esters is 1. The van der Waals surface area contributed by atoms with Crippen LogP contribution in [0.1, 0.15) is 41.5 Å². The lowest BCUT2D eigenvalue weighted by Gasteiger charge is -2.22. The van der Waals surface area contributed by atoms with Gasteiger partial charge in [-0.3, -0.25) is 24.5 Å². The molecule has 0 heterocycles. The van der Waals surface area contributed by atoms with E-state index in [0.29, 0.717) is 6.29 Å². The van der Waals surface area contributed by atoms with Crippen LogP contribution in [0.15, 0.2) is 18.2 Å². The van der Waals surface area contributed by atoms with Crippen molar-refractivity contribution in [1.82, 2.24) is 4.90 Å². The van der Waals surface area contributed by atoms with E-state index in [-0.39, 0.29) is 17.7 Å². The molecule has 0 aliphatic rings. The van der Waals surface area contributed by atoms with Crippen LogP contribution in [0, 0.1) is 10.1 Å². The molecule has 0 bridgehead atoms. The summed E-state index contributed by atoms with van der Waals surface area (Å²) >= 11 is 0. The Morgan fingerprint density at radius 3 is 2.43 bits per heavy atom. The molecule has 8 heteroatoms. The Kier molecular flexibility index (Phi) is 5.56. The second kappa shape index (κ2) is 6.99. The first kappa shape index (κ1) is 18.3. The molecule has 0 atom stereocenters. The molecule has 0 saturated carbocycles. The second-order valence-electron chi connectivity index (χ2n) is 5.86. The van der Waals surface area contributed by atoms with E-state index in [1.165, 1.54) is 19.2 Å². The number of nitro benzene ring substituents is 1. The van der Waals surface area contributed by atoms with E-state index >= 15 is 0 Å². The maximum absolute atomic E-state index is 12.4. The van der Waals surface area contributed by atoms with Gasteiger partial charge in [-0.25, -0.2) is 0 Å². The minimum absolute atomic E-state index is 0.111. The van der Waals surface area contributed by atoms with E-state index in [4.69, 9.17) is 4.74 Å². The van der Waals surface area contributed by atoms with Gasteiger partial charge in [0.1, 0.15) is 17.7 Å². The van der Waals surface area contributed by atoms with Crippen LogP contribution in [0.25, 0.3) is 0 Å². The predicted molar refractivity (Wildman–Crippen MR) is 81.3 cm³/mol. The third kappa shape index (κ3) is 4.87. The van der Waals surface area contributed by atoms with Gasteiger partial charge >= 0.3 is 5.97 Å². The third-order valence-electron chi connectivity index (χ3n) is 2.75. The smallest absolute Gasteiger partial charge is 0.326 e. The molecule has 8 nitrogen and oxygen atoms in total. The minimum atomic E-state index is -0.801. The maximum atomic E-state index is 12.4. The Morgan fingerprint density at radius 2 is 1.96 bits per heavy atom. The van der Waals surface area contributed by atoms with E-state index < -0.39 is 28.1 Å². The van der Waals surface area contributed by atoms with Crippen LogP contribution in [-0.4, -0.2) is 47.2 Å². The molecule has 0 aliphatic carbocycles. The third-order valence-corrected chi connectivity index (χ3v) is 2.75. The zero-order chi connectivity index (χ0) is 17.8. The quantitative estimate of drug-likeness (QED) is 0.354. The first-order chi connectivity index (χ1) is 10.6. The minimum Gasteiger partial charge on any atom is -0.459 e. The van der Waals surface area contributed by atoms with Crippen molar-refractivity contribution in [1.29, 1.82) is 0 Å². The molecule has 0 saturated heterocycles. The molecular formula is C15H18N2O6.